The molecule has 4 heteroatoms. The molecule has 1 rings (SSSR count). The molecule has 1 aliphatic rings. The summed E-state index contributed by atoms with van der Waals surface area (Å²) in [6, 6.07) is 2.02. The summed E-state index contributed by atoms with van der Waals surface area (Å²) in [6.07, 6.45) is 2.19. The number of hydrogen-bond acceptors (Lipinski definition) is 3. The van der Waals surface area contributed by atoms with Crippen LogP contribution in [0.1, 0.15) is 12.8 Å². The highest BCUT2D eigenvalue weighted by atomic mass is 35.5. The van der Waals surface area contributed by atoms with Gasteiger partial charge in [0.2, 0.25) is 0 Å². The summed E-state index contributed by atoms with van der Waals surface area (Å²) in [7, 11) is 0. The normalized spacial score (nSPS) is 21.7. The molecule has 0 bridgehead atoms. The molecule has 0 aromatic rings. The van der Waals surface area contributed by atoms with Crippen LogP contribution in [0.25, 0.3) is 0 Å². The maximum absolute atomic E-state index is 8.44. The van der Waals surface area contributed by atoms with Crippen LogP contribution in [0.15, 0.2) is 0 Å². The molecular weight excluding hydrogens is 194 g/mol. The maximum Gasteiger partial charge on any atom is 0.129 e. The number of rotatable bonds is 3. The van der Waals surface area contributed by atoms with Crippen LogP contribution in [0.4, 0.5) is 0 Å². The monoisotopic (exact) mass is 205 g/mol. The van der Waals surface area contributed by atoms with Crippen molar-refractivity contribution in [2.75, 3.05) is 19.0 Å². The van der Waals surface area contributed by atoms with E-state index in [9.17, 15) is 0 Å². The van der Waals surface area contributed by atoms with Crippen molar-refractivity contribution in [2.24, 2.45) is 0 Å². The molecule has 0 N–H and O–H groups in total. The van der Waals surface area contributed by atoms with Gasteiger partial charge in [-0.3, -0.25) is 0 Å². The van der Waals surface area contributed by atoms with Crippen molar-refractivity contribution < 1.29 is 4.74 Å². The van der Waals surface area contributed by atoms with Crippen molar-refractivity contribution in [2.45, 2.75) is 23.5 Å². The minimum Gasteiger partial charge on any atom is -0.381 e. The Balaban J connectivity index is 2.10. The molecule has 1 saturated heterocycles. The average Bonchev–Trinajstić information content (AvgIpc) is 2.16. The lowest BCUT2D eigenvalue weighted by Crippen LogP contribution is -2.18. The standard InChI is InChI=1S/C8H12ClNOS/c9-7(5-10)6-12-8-1-3-11-4-2-8/h7-8H,1-4,6H2. The van der Waals surface area contributed by atoms with Gasteiger partial charge in [0, 0.05) is 24.2 Å². The second kappa shape index (κ2) is 5.69. The van der Waals surface area contributed by atoms with Crippen molar-refractivity contribution in [3.63, 3.8) is 0 Å². The van der Waals surface area contributed by atoms with E-state index in [0.29, 0.717) is 5.25 Å². The Morgan fingerprint density at radius 1 is 1.58 bits per heavy atom. The molecule has 0 saturated carbocycles. The SMILES string of the molecule is N#CC(Cl)CSC1CCOCC1. The number of hydrogen-bond donors (Lipinski definition) is 0. The molecule has 68 valence electrons. The first-order valence-electron chi connectivity index (χ1n) is 4.06. The lowest BCUT2D eigenvalue weighted by molar-refractivity contribution is 0.100. The number of nitrogens with zero attached hydrogens (tertiary/aromatic N) is 1. The highest BCUT2D eigenvalue weighted by Crippen LogP contribution is 2.23. The van der Waals surface area contributed by atoms with Crippen LogP contribution in [-0.4, -0.2) is 29.6 Å². The third kappa shape index (κ3) is 3.66. The van der Waals surface area contributed by atoms with E-state index < -0.39 is 0 Å². The van der Waals surface area contributed by atoms with E-state index in [4.69, 9.17) is 21.6 Å². The molecule has 0 amide bonds. The molecule has 0 aromatic carbocycles. The highest BCUT2D eigenvalue weighted by molar-refractivity contribution is 8.00. The largest absolute Gasteiger partial charge is 0.381 e. The second-order valence-electron chi connectivity index (χ2n) is 2.74. The zero-order chi connectivity index (χ0) is 8.81. The van der Waals surface area contributed by atoms with Crippen LogP contribution in [-0.2, 0) is 4.74 Å². The molecule has 12 heavy (non-hydrogen) atoms. The Kier molecular flexibility index (Phi) is 4.82. The number of thioether (sulfide) groups is 1. The van der Waals surface area contributed by atoms with Gasteiger partial charge in [0.15, 0.2) is 0 Å². The lowest BCUT2D eigenvalue weighted by Gasteiger charge is -2.21. The Labute approximate surface area is 82.2 Å². The molecule has 0 radical (unpaired) electrons. The Morgan fingerprint density at radius 3 is 2.83 bits per heavy atom. The summed E-state index contributed by atoms with van der Waals surface area (Å²) in [4.78, 5) is 0. The van der Waals surface area contributed by atoms with E-state index in [1.54, 1.807) is 11.8 Å². The van der Waals surface area contributed by atoms with Gasteiger partial charge in [-0.05, 0) is 12.8 Å². The van der Waals surface area contributed by atoms with Gasteiger partial charge in [-0.1, -0.05) is 0 Å². The topological polar surface area (TPSA) is 33.0 Å². The zero-order valence-corrected chi connectivity index (χ0v) is 8.40. The van der Waals surface area contributed by atoms with Gasteiger partial charge in [-0.15, -0.1) is 11.6 Å². The fourth-order valence-corrected chi connectivity index (χ4v) is 2.36. The van der Waals surface area contributed by atoms with E-state index in [1.165, 1.54) is 0 Å². The fraction of sp³-hybridized carbons (Fsp3) is 0.875. The number of nitriles is 1. The Morgan fingerprint density at radius 2 is 2.25 bits per heavy atom. The summed E-state index contributed by atoms with van der Waals surface area (Å²) in [5.41, 5.74) is 0. The predicted molar refractivity (Wildman–Crippen MR) is 51.6 cm³/mol. The molecule has 0 aliphatic carbocycles. The maximum atomic E-state index is 8.44. The molecular formula is C8H12ClNOS. The van der Waals surface area contributed by atoms with Crippen molar-refractivity contribution in [3.8, 4) is 6.07 Å². The molecule has 0 spiro atoms. The second-order valence-corrected chi connectivity index (χ2v) is 4.60. The third-order valence-electron chi connectivity index (χ3n) is 1.79. The van der Waals surface area contributed by atoms with Crippen LogP contribution in [0.5, 0.6) is 0 Å². The van der Waals surface area contributed by atoms with Crippen LogP contribution < -0.4 is 0 Å². The van der Waals surface area contributed by atoms with Crippen molar-refractivity contribution in [3.05, 3.63) is 0 Å². The lowest BCUT2D eigenvalue weighted by atomic mass is 10.2. The molecule has 2 nitrogen and oxygen atoms in total. The summed E-state index contributed by atoms with van der Waals surface area (Å²) in [6.45, 7) is 1.72. The quantitative estimate of drug-likeness (QED) is 0.661. The smallest absolute Gasteiger partial charge is 0.129 e. The Bertz CT molecular complexity index is 165. The van der Waals surface area contributed by atoms with E-state index in [2.05, 4.69) is 0 Å². The van der Waals surface area contributed by atoms with E-state index in [0.717, 1.165) is 31.8 Å². The van der Waals surface area contributed by atoms with Gasteiger partial charge in [-0.2, -0.15) is 17.0 Å². The summed E-state index contributed by atoms with van der Waals surface area (Å²) in [5.74, 6) is 0.739. The number of alkyl halides is 1. The van der Waals surface area contributed by atoms with Gasteiger partial charge in [0.05, 0.1) is 6.07 Å². The molecule has 1 heterocycles. The van der Waals surface area contributed by atoms with Crippen molar-refractivity contribution in [1.29, 1.82) is 5.26 Å². The van der Waals surface area contributed by atoms with Crippen molar-refractivity contribution >= 4 is 23.4 Å². The first-order chi connectivity index (χ1) is 5.83. The first-order valence-corrected chi connectivity index (χ1v) is 5.54. The minimum absolute atomic E-state index is 0.335. The van der Waals surface area contributed by atoms with Crippen LogP contribution in [0.3, 0.4) is 0 Å². The van der Waals surface area contributed by atoms with Crippen molar-refractivity contribution in [1.82, 2.24) is 0 Å². The van der Waals surface area contributed by atoms with Crippen LogP contribution in [0.2, 0.25) is 0 Å². The average molecular weight is 206 g/mol. The van der Waals surface area contributed by atoms with Crippen LogP contribution in [0, 0.1) is 11.3 Å². The van der Waals surface area contributed by atoms with Gasteiger partial charge >= 0.3 is 0 Å². The molecule has 1 aliphatic heterocycles. The third-order valence-corrected chi connectivity index (χ3v) is 3.69. The Hall–Kier alpha value is 0.0900. The number of ether oxygens (including phenoxy) is 1. The summed E-state index contributed by atoms with van der Waals surface area (Å²) >= 11 is 7.47. The molecule has 0 aromatic heterocycles. The summed E-state index contributed by atoms with van der Waals surface area (Å²) in [5, 5.41) is 8.76. The molecule has 1 unspecified atom stereocenters. The van der Waals surface area contributed by atoms with Gasteiger partial charge in [0.25, 0.3) is 0 Å². The first kappa shape index (κ1) is 10.2. The van der Waals surface area contributed by atoms with E-state index >= 15 is 0 Å². The molecule has 1 fully saturated rings. The minimum atomic E-state index is -0.335. The summed E-state index contributed by atoms with van der Waals surface area (Å²) < 4.78 is 5.22. The van der Waals surface area contributed by atoms with Gasteiger partial charge in [-0.25, -0.2) is 0 Å². The highest BCUT2D eigenvalue weighted by Gasteiger charge is 2.15. The van der Waals surface area contributed by atoms with E-state index in [1.807, 2.05) is 6.07 Å². The number of halogens is 1. The van der Waals surface area contributed by atoms with E-state index in [-0.39, 0.29) is 5.38 Å². The van der Waals surface area contributed by atoms with Gasteiger partial charge < -0.3 is 4.74 Å². The zero-order valence-electron chi connectivity index (χ0n) is 6.83. The van der Waals surface area contributed by atoms with Crippen LogP contribution >= 0.6 is 23.4 Å². The van der Waals surface area contributed by atoms with Gasteiger partial charge in [0.1, 0.15) is 5.38 Å². The molecule has 1 atom stereocenters. The fourth-order valence-electron chi connectivity index (χ4n) is 1.10. The predicted octanol–water partition coefficient (Wildman–Crippen LogP) is 2.03.